The zero-order valence-electron chi connectivity index (χ0n) is 6.58. The maximum absolute atomic E-state index is 11.1. The molecule has 0 spiro atoms. The third-order valence-electron chi connectivity index (χ3n) is 1.34. The lowest BCUT2D eigenvalue weighted by Gasteiger charge is -1.99. The van der Waals surface area contributed by atoms with Crippen LogP contribution in [0.15, 0.2) is 24.3 Å². The number of benzene rings is 1. The molecular formula is C8H7ClN2O2. The summed E-state index contributed by atoms with van der Waals surface area (Å²) in [6, 6.07) is 5.23. The summed E-state index contributed by atoms with van der Waals surface area (Å²) in [6.07, 6.45) is 0. The summed E-state index contributed by atoms with van der Waals surface area (Å²) in [7, 11) is 0. The van der Waals surface area contributed by atoms with Crippen molar-refractivity contribution in [3.8, 4) is 0 Å². The van der Waals surface area contributed by atoms with Gasteiger partial charge in [-0.15, -0.1) is 0 Å². The number of nitrogens with one attached hydrogen (secondary N) is 1. The Bertz CT molecular complexity index is 335. The van der Waals surface area contributed by atoms with E-state index in [1.165, 1.54) is 12.1 Å². The van der Waals surface area contributed by atoms with Gasteiger partial charge in [0.15, 0.2) is 0 Å². The molecule has 1 aromatic carbocycles. The van der Waals surface area contributed by atoms with Gasteiger partial charge in [-0.2, -0.15) is 0 Å². The van der Waals surface area contributed by atoms with E-state index in [-0.39, 0.29) is 0 Å². The van der Waals surface area contributed by atoms with Gasteiger partial charge in [0, 0.05) is 10.6 Å². The molecule has 0 radical (unpaired) electrons. The molecule has 1 aromatic rings. The minimum Gasteiger partial charge on any atom is -0.351 e. The van der Waals surface area contributed by atoms with Gasteiger partial charge < -0.3 is 5.73 Å². The molecule has 5 heteroatoms. The van der Waals surface area contributed by atoms with Gasteiger partial charge in [-0.1, -0.05) is 11.6 Å². The second-order valence-corrected chi connectivity index (χ2v) is 2.76. The minimum absolute atomic E-state index is 0.336. The largest absolute Gasteiger partial charge is 0.351 e. The molecule has 68 valence electrons. The first-order valence-electron chi connectivity index (χ1n) is 3.46. The van der Waals surface area contributed by atoms with E-state index >= 15 is 0 Å². The smallest absolute Gasteiger partial charge is 0.319 e. The Hall–Kier alpha value is -1.55. The molecule has 3 amide bonds. The van der Waals surface area contributed by atoms with Crippen molar-refractivity contribution in [2.24, 2.45) is 5.73 Å². The maximum atomic E-state index is 11.1. The summed E-state index contributed by atoms with van der Waals surface area (Å²) in [4.78, 5) is 21.4. The Morgan fingerprint density at radius 3 is 2.23 bits per heavy atom. The van der Waals surface area contributed by atoms with Crippen LogP contribution in [0.2, 0.25) is 5.02 Å². The van der Waals surface area contributed by atoms with E-state index in [4.69, 9.17) is 17.3 Å². The van der Waals surface area contributed by atoms with Crippen molar-refractivity contribution in [1.82, 2.24) is 5.32 Å². The van der Waals surface area contributed by atoms with Crippen molar-refractivity contribution in [2.45, 2.75) is 0 Å². The second kappa shape index (κ2) is 3.91. The van der Waals surface area contributed by atoms with Gasteiger partial charge in [-0.3, -0.25) is 10.1 Å². The van der Waals surface area contributed by atoms with Gasteiger partial charge in [0.2, 0.25) is 0 Å². The standard InChI is InChI=1S/C8H7ClN2O2/c9-6-3-1-5(2-4-6)7(12)11-8(10)13/h1-4H,(H3,10,11,12,13). The van der Waals surface area contributed by atoms with E-state index in [0.29, 0.717) is 10.6 Å². The molecule has 0 unspecified atom stereocenters. The lowest BCUT2D eigenvalue weighted by Crippen LogP contribution is -2.34. The number of hydrogen-bond acceptors (Lipinski definition) is 2. The topological polar surface area (TPSA) is 72.2 Å². The lowest BCUT2D eigenvalue weighted by molar-refractivity contribution is 0.0966. The van der Waals surface area contributed by atoms with Gasteiger partial charge in [0.05, 0.1) is 0 Å². The summed E-state index contributed by atoms with van der Waals surface area (Å²) in [6.45, 7) is 0. The molecule has 0 aromatic heterocycles. The highest BCUT2D eigenvalue weighted by Gasteiger charge is 2.06. The molecule has 0 saturated heterocycles. The highest BCUT2D eigenvalue weighted by Crippen LogP contribution is 2.08. The number of primary amides is 1. The first-order valence-corrected chi connectivity index (χ1v) is 3.84. The number of amides is 3. The molecule has 0 fully saturated rings. The summed E-state index contributed by atoms with van der Waals surface area (Å²) in [5, 5.41) is 2.46. The highest BCUT2D eigenvalue weighted by atomic mass is 35.5. The van der Waals surface area contributed by atoms with Crippen molar-refractivity contribution >= 4 is 23.5 Å². The number of hydrogen-bond donors (Lipinski definition) is 2. The summed E-state index contributed by atoms with van der Waals surface area (Å²) < 4.78 is 0. The summed E-state index contributed by atoms with van der Waals surface area (Å²) in [5.74, 6) is -0.538. The third kappa shape index (κ3) is 2.76. The molecule has 13 heavy (non-hydrogen) atoms. The molecule has 0 heterocycles. The van der Waals surface area contributed by atoms with Crippen molar-refractivity contribution in [2.75, 3.05) is 0 Å². The molecule has 0 atom stereocenters. The highest BCUT2D eigenvalue weighted by molar-refractivity contribution is 6.30. The Balaban J connectivity index is 2.78. The fraction of sp³-hybridized carbons (Fsp3) is 0. The molecule has 0 bridgehead atoms. The Morgan fingerprint density at radius 1 is 1.23 bits per heavy atom. The quantitative estimate of drug-likeness (QED) is 0.711. The van der Waals surface area contributed by atoms with Gasteiger partial charge in [0.1, 0.15) is 0 Å². The predicted molar refractivity (Wildman–Crippen MR) is 48.5 cm³/mol. The predicted octanol–water partition coefficient (Wildman–Crippen LogP) is 1.15. The number of halogens is 1. The first-order chi connectivity index (χ1) is 6.09. The fourth-order valence-corrected chi connectivity index (χ4v) is 0.911. The number of imide groups is 1. The van der Waals surface area contributed by atoms with Crippen LogP contribution >= 0.6 is 11.6 Å². The molecule has 3 N–H and O–H groups in total. The second-order valence-electron chi connectivity index (χ2n) is 2.33. The van der Waals surface area contributed by atoms with Crippen LogP contribution in [0.5, 0.6) is 0 Å². The van der Waals surface area contributed by atoms with E-state index in [1.807, 2.05) is 5.32 Å². The van der Waals surface area contributed by atoms with Crippen LogP contribution in [0.3, 0.4) is 0 Å². The van der Waals surface area contributed by atoms with Gasteiger partial charge in [-0.05, 0) is 24.3 Å². The summed E-state index contributed by atoms with van der Waals surface area (Å²) in [5.41, 5.74) is 5.10. The van der Waals surface area contributed by atoms with Crippen LogP contribution in [0.4, 0.5) is 4.79 Å². The number of carbonyl (C=O) groups is 2. The fourth-order valence-electron chi connectivity index (χ4n) is 0.785. The molecule has 1 rings (SSSR count). The molecule has 0 aliphatic carbocycles. The summed E-state index contributed by atoms with van der Waals surface area (Å²) >= 11 is 5.60. The van der Waals surface area contributed by atoms with Crippen LogP contribution < -0.4 is 11.1 Å². The van der Waals surface area contributed by atoms with Crippen molar-refractivity contribution in [3.05, 3.63) is 34.9 Å². The van der Waals surface area contributed by atoms with Gasteiger partial charge >= 0.3 is 6.03 Å². The first kappa shape index (κ1) is 9.54. The Labute approximate surface area is 79.7 Å². The Kier molecular flexibility index (Phi) is 2.87. The van der Waals surface area contributed by atoms with Crippen LogP contribution in [0.25, 0.3) is 0 Å². The monoisotopic (exact) mass is 198 g/mol. The van der Waals surface area contributed by atoms with Gasteiger partial charge in [0.25, 0.3) is 5.91 Å². The number of urea groups is 1. The van der Waals surface area contributed by atoms with E-state index in [1.54, 1.807) is 12.1 Å². The SMILES string of the molecule is NC(=O)NC(=O)c1ccc(Cl)cc1. The molecule has 0 aliphatic rings. The van der Waals surface area contributed by atoms with Crippen molar-refractivity contribution < 1.29 is 9.59 Å². The average Bonchev–Trinajstić information content (AvgIpc) is 2.04. The van der Waals surface area contributed by atoms with Gasteiger partial charge in [-0.25, -0.2) is 4.79 Å². The average molecular weight is 199 g/mol. The minimum atomic E-state index is -0.875. The van der Waals surface area contributed by atoms with E-state index < -0.39 is 11.9 Å². The lowest BCUT2D eigenvalue weighted by atomic mass is 10.2. The van der Waals surface area contributed by atoms with Crippen LogP contribution in [-0.2, 0) is 0 Å². The van der Waals surface area contributed by atoms with E-state index in [9.17, 15) is 9.59 Å². The number of carbonyl (C=O) groups excluding carboxylic acids is 2. The molecule has 0 aliphatic heterocycles. The maximum Gasteiger partial charge on any atom is 0.319 e. The molecule has 0 saturated carbocycles. The zero-order valence-corrected chi connectivity index (χ0v) is 7.34. The number of nitrogens with two attached hydrogens (primary N) is 1. The van der Waals surface area contributed by atoms with Crippen molar-refractivity contribution in [1.29, 1.82) is 0 Å². The molecule has 4 nitrogen and oxygen atoms in total. The third-order valence-corrected chi connectivity index (χ3v) is 1.60. The van der Waals surface area contributed by atoms with E-state index in [2.05, 4.69) is 0 Å². The normalized spacial score (nSPS) is 9.31. The van der Waals surface area contributed by atoms with Crippen LogP contribution in [-0.4, -0.2) is 11.9 Å². The number of rotatable bonds is 1. The van der Waals surface area contributed by atoms with Crippen molar-refractivity contribution in [3.63, 3.8) is 0 Å². The van der Waals surface area contributed by atoms with E-state index in [0.717, 1.165) is 0 Å². The van der Waals surface area contributed by atoms with Crippen LogP contribution in [0.1, 0.15) is 10.4 Å². The Morgan fingerprint density at radius 2 is 1.77 bits per heavy atom. The molecular weight excluding hydrogens is 192 g/mol. The zero-order chi connectivity index (χ0) is 9.84. The van der Waals surface area contributed by atoms with Crippen LogP contribution in [0, 0.1) is 0 Å².